The molecule has 3 nitrogen and oxygen atoms in total. The van der Waals surface area contributed by atoms with E-state index >= 15 is 0 Å². The van der Waals surface area contributed by atoms with Gasteiger partial charge in [0, 0.05) is 6.07 Å². The van der Waals surface area contributed by atoms with Crippen LogP contribution in [0.25, 0.3) is 0 Å². The number of rotatable bonds is 4. The summed E-state index contributed by atoms with van der Waals surface area (Å²) < 4.78 is 10.9. The predicted octanol–water partition coefficient (Wildman–Crippen LogP) is 4.15. The minimum absolute atomic E-state index is 0.170. The Balaban J connectivity index is 2.01. The highest BCUT2D eigenvalue weighted by Crippen LogP contribution is 2.27. The molecule has 2 aromatic rings. The molecule has 2 aromatic carbocycles. The number of methoxy groups -OCH3 is 1. The minimum Gasteiger partial charge on any atom is -0.495 e. The Labute approximate surface area is 126 Å². The Morgan fingerprint density at radius 2 is 1.67 bits per heavy atom. The van der Waals surface area contributed by atoms with Crippen molar-refractivity contribution in [2.45, 2.75) is 32.8 Å². The smallest absolute Gasteiger partial charge is 0.142 e. The molecular weight excluding hydrogens is 262 g/mol. The zero-order valence-corrected chi connectivity index (χ0v) is 13.1. The van der Waals surface area contributed by atoms with Gasteiger partial charge in [-0.05, 0) is 28.7 Å². The van der Waals surface area contributed by atoms with Gasteiger partial charge in [-0.25, -0.2) is 0 Å². The molecule has 0 atom stereocenters. The summed E-state index contributed by atoms with van der Waals surface area (Å²) in [5, 5.41) is 0. The van der Waals surface area contributed by atoms with E-state index in [1.807, 2.05) is 12.1 Å². The lowest BCUT2D eigenvalue weighted by molar-refractivity contribution is 0.305. The van der Waals surface area contributed by atoms with Crippen molar-refractivity contribution in [1.29, 1.82) is 0 Å². The standard InChI is InChI=1S/C18H23NO2/c1-18(2,3)14-7-5-13(6-8-14)12-21-15-9-10-17(20-4)16(19)11-15/h5-11H,12,19H2,1-4H3. The summed E-state index contributed by atoms with van der Waals surface area (Å²) in [6.07, 6.45) is 0. The molecule has 0 amide bonds. The number of hydrogen-bond acceptors (Lipinski definition) is 3. The molecule has 0 saturated heterocycles. The molecule has 0 aliphatic heterocycles. The van der Waals surface area contributed by atoms with Crippen LogP contribution >= 0.6 is 0 Å². The monoisotopic (exact) mass is 285 g/mol. The van der Waals surface area contributed by atoms with Gasteiger partial charge in [-0.15, -0.1) is 0 Å². The Hall–Kier alpha value is -2.16. The first kappa shape index (κ1) is 15.2. The van der Waals surface area contributed by atoms with Crippen LogP contribution in [0.1, 0.15) is 31.9 Å². The zero-order chi connectivity index (χ0) is 15.5. The summed E-state index contributed by atoms with van der Waals surface area (Å²) in [6.45, 7) is 7.14. The molecule has 0 radical (unpaired) electrons. The third-order valence-corrected chi connectivity index (χ3v) is 3.43. The van der Waals surface area contributed by atoms with E-state index in [2.05, 4.69) is 45.0 Å². The molecule has 3 heteroatoms. The second-order valence-corrected chi connectivity index (χ2v) is 6.14. The van der Waals surface area contributed by atoms with Crippen molar-refractivity contribution >= 4 is 5.69 Å². The molecule has 2 N–H and O–H groups in total. The van der Waals surface area contributed by atoms with Crippen molar-refractivity contribution in [3.8, 4) is 11.5 Å². The fraction of sp³-hybridized carbons (Fsp3) is 0.333. The summed E-state index contributed by atoms with van der Waals surface area (Å²) in [5.41, 5.74) is 9.07. The van der Waals surface area contributed by atoms with Gasteiger partial charge in [0.1, 0.15) is 18.1 Å². The van der Waals surface area contributed by atoms with Crippen LogP contribution in [-0.2, 0) is 12.0 Å². The van der Waals surface area contributed by atoms with Gasteiger partial charge in [0.25, 0.3) is 0 Å². The van der Waals surface area contributed by atoms with Crippen molar-refractivity contribution in [3.05, 3.63) is 53.6 Å². The van der Waals surface area contributed by atoms with E-state index in [0.717, 1.165) is 11.3 Å². The predicted molar refractivity (Wildman–Crippen MR) is 86.9 cm³/mol. The summed E-state index contributed by atoms with van der Waals surface area (Å²) >= 11 is 0. The highest BCUT2D eigenvalue weighted by atomic mass is 16.5. The molecule has 2 rings (SSSR count). The van der Waals surface area contributed by atoms with Crippen LogP contribution < -0.4 is 15.2 Å². The Kier molecular flexibility index (Phi) is 4.41. The number of nitrogens with two attached hydrogens (primary N) is 1. The van der Waals surface area contributed by atoms with E-state index in [-0.39, 0.29) is 5.41 Å². The molecule has 21 heavy (non-hydrogen) atoms. The lowest BCUT2D eigenvalue weighted by Crippen LogP contribution is -2.10. The molecule has 0 aliphatic carbocycles. The summed E-state index contributed by atoms with van der Waals surface area (Å²) in [7, 11) is 1.60. The van der Waals surface area contributed by atoms with Gasteiger partial charge in [-0.3, -0.25) is 0 Å². The van der Waals surface area contributed by atoms with Gasteiger partial charge >= 0.3 is 0 Å². The maximum Gasteiger partial charge on any atom is 0.142 e. The molecule has 0 saturated carbocycles. The first-order chi connectivity index (χ1) is 9.90. The van der Waals surface area contributed by atoms with Gasteiger partial charge in [0.2, 0.25) is 0 Å². The fourth-order valence-corrected chi connectivity index (χ4v) is 2.07. The van der Waals surface area contributed by atoms with Gasteiger partial charge < -0.3 is 15.2 Å². The molecule has 0 aromatic heterocycles. The van der Waals surface area contributed by atoms with Gasteiger partial charge in [0.05, 0.1) is 12.8 Å². The lowest BCUT2D eigenvalue weighted by Gasteiger charge is -2.19. The lowest BCUT2D eigenvalue weighted by atomic mass is 9.87. The van der Waals surface area contributed by atoms with E-state index in [0.29, 0.717) is 18.0 Å². The van der Waals surface area contributed by atoms with Crippen molar-refractivity contribution in [3.63, 3.8) is 0 Å². The second-order valence-electron chi connectivity index (χ2n) is 6.14. The van der Waals surface area contributed by atoms with Gasteiger partial charge in [-0.2, -0.15) is 0 Å². The van der Waals surface area contributed by atoms with Crippen molar-refractivity contribution in [1.82, 2.24) is 0 Å². The third kappa shape index (κ3) is 3.91. The molecule has 112 valence electrons. The molecule has 0 unspecified atom stereocenters. The topological polar surface area (TPSA) is 44.5 Å². The largest absolute Gasteiger partial charge is 0.495 e. The number of hydrogen-bond donors (Lipinski definition) is 1. The van der Waals surface area contributed by atoms with Crippen LogP contribution in [0.2, 0.25) is 0 Å². The van der Waals surface area contributed by atoms with E-state index in [4.69, 9.17) is 15.2 Å². The van der Waals surface area contributed by atoms with Crippen molar-refractivity contribution in [2.75, 3.05) is 12.8 Å². The van der Waals surface area contributed by atoms with Gasteiger partial charge in [-0.1, -0.05) is 45.0 Å². The van der Waals surface area contributed by atoms with Crippen molar-refractivity contribution in [2.24, 2.45) is 0 Å². The molecule has 0 spiro atoms. The Morgan fingerprint density at radius 1 is 1.00 bits per heavy atom. The number of anilines is 1. The minimum atomic E-state index is 0.170. The Morgan fingerprint density at radius 3 is 2.19 bits per heavy atom. The summed E-state index contributed by atoms with van der Waals surface area (Å²) in [5.74, 6) is 1.41. The quantitative estimate of drug-likeness (QED) is 0.858. The van der Waals surface area contributed by atoms with Crippen LogP contribution in [-0.4, -0.2) is 7.11 Å². The maximum atomic E-state index is 5.86. The van der Waals surface area contributed by atoms with E-state index in [1.165, 1.54) is 5.56 Å². The number of ether oxygens (including phenoxy) is 2. The first-order valence-corrected chi connectivity index (χ1v) is 7.06. The summed E-state index contributed by atoms with van der Waals surface area (Å²) in [4.78, 5) is 0. The van der Waals surface area contributed by atoms with E-state index < -0.39 is 0 Å². The highest BCUT2D eigenvalue weighted by Gasteiger charge is 2.12. The average molecular weight is 285 g/mol. The summed E-state index contributed by atoms with van der Waals surface area (Å²) in [6, 6.07) is 14.0. The molecule has 0 fully saturated rings. The number of nitrogen functional groups attached to an aromatic ring is 1. The van der Waals surface area contributed by atoms with Crippen molar-refractivity contribution < 1.29 is 9.47 Å². The van der Waals surface area contributed by atoms with E-state index in [9.17, 15) is 0 Å². The number of benzene rings is 2. The van der Waals surface area contributed by atoms with Crippen LogP contribution in [0.5, 0.6) is 11.5 Å². The maximum absolute atomic E-state index is 5.86. The van der Waals surface area contributed by atoms with Gasteiger partial charge in [0.15, 0.2) is 0 Å². The molecule has 0 heterocycles. The fourth-order valence-electron chi connectivity index (χ4n) is 2.07. The molecule has 0 aliphatic rings. The molecular formula is C18H23NO2. The SMILES string of the molecule is COc1ccc(OCc2ccc(C(C)(C)C)cc2)cc1N. The Bertz CT molecular complexity index is 598. The van der Waals surface area contributed by atoms with Crippen LogP contribution in [0.3, 0.4) is 0 Å². The van der Waals surface area contributed by atoms with Crippen LogP contribution in [0, 0.1) is 0 Å². The van der Waals surface area contributed by atoms with E-state index in [1.54, 1.807) is 13.2 Å². The third-order valence-electron chi connectivity index (χ3n) is 3.43. The first-order valence-electron chi connectivity index (χ1n) is 7.06. The van der Waals surface area contributed by atoms with Crippen LogP contribution in [0.15, 0.2) is 42.5 Å². The average Bonchev–Trinajstić information content (AvgIpc) is 2.45. The van der Waals surface area contributed by atoms with Crippen LogP contribution in [0.4, 0.5) is 5.69 Å². The zero-order valence-electron chi connectivity index (χ0n) is 13.1. The molecule has 0 bridgehead atoms. The normalized spacial score (nSPS) is 11.2. The highest BCUT2D eigenvalue weighted by molar-refractivity contribution is 5.56. The second kappa shape index (κ2) is 6.08.